The molecule has 9 heteroatoms. The minimum Gasteiger partial charge on any atom is -0.480 e. The number of amides is 3. The van der Waals surface area contributed by atoms with E-state index in [0.29, 0.717) is 32.2 Å². The lowest BCUT2D eigenvalue weighted by atomic mass is 9.98. The molecule has 1 aliphatic rings. The SMILES string of the molecule is CCC(C)C(NC(=O)C1CCCN1C(=O)C(C)NC(=O)C(N)CC(C)C)C(=O)O. The van der Waals surface area contributed by atoms with E-state index in [4.69, 9.17) is 5.73 Å². The number of hydrogen-bond donors (Lipinski definition) is 4. The molecule has 0 saturated carbocycles. The van der Waals surface area contributed by atoms with E-state index in [2.05, 4.69) is 10.6 Å². The molecule has 1 fully saturated rings. The Kier molecular flexibility index (Phi) is 9.55. The van der Waals surface area contributed by atoms with Crippen molar-refractivity contribution in [1.82, 2.24) is 15.5 Å². The summed E-state index contributed by atoms with van der Waals surface area (Å²) < 4.78 is 0. The molecule has 0 spiro atoms. The molecule has 0 aromatic carbocycles. The number of carboxylic acids is 1. The van der Waals surface area contributed by atoms with Crippen molar-refractivity contribution in [2.75, 3.05) is 6.54 Å². The maximum Gasteiger partial charge on any atom is 0.326 e. The molecule has 1 aliphatic heterocycles. The van der Waals surface area contributed by atoms with Crippen molar-refractivity contribution in [2.24, 2.45) is 17.6 Å². The quantitative estimate of drug-likeness (QED) is 0.411. The third-order valence-electron chi connectivity index (χ3n) is 5.41. The summed E-state index contributed by atoms with van der Waals surface area (Å²) in [6.07, 6.45) is 2.20. The van der Waals surface area contributed by atoms with Crippen LogP contribution in [-0.2, 0) is 19.2 Å². The highest BCUT2D eigenvalue weighted by Crippen LogP contribution is 2.20. The highest BCUT2D eigenvalue weighted by Gasteiger charge is 2.38. The van der Waals surface area contributed by atoms with Gasteiger partial charge < -0.3 is 26.4 Å². The molecular weight excluding hydrogens is 376 g/mol. The number of carbonyl (C=O) groups excluding carboxylic acids is 3. The Hall–Kier alpha value is -2.16. The summed E-state index contributed by atoms with van der Waals surface area (Å²) in [4.78, 5) is 50.6. The summed E-state index contributed by atoms with van der Waals surface area (Å²) in [6, 6.07) is -3.26. The predicted octanol–water partition coefficient (Wildman–Crippen LogP) is 0.471. The van der Waals surface area contributed by atoms with Crippen LogP contribution in [0.25, 0.3) is 0 Å². The van der Waals surface area contributed by atoms with E-state index in [9.17, 15) is 24.3 Å². The number of rotatable bonds is 10. The summed E-state index contributed by atoms with van der Waals surface area (Å²) in [7, 11) is 0. The fraction of sp³-hybridized carbons (Fsp3) is 0.800. The molecule has 1 saturated heterocycles. The second kappa shape index (κ2) is 11.1. The van der Waals surface area contributed by atoms with E-state index in [1.165, 1.54) is 4.90 Å². The second-order valence-electron chi connectivity index (χ2n) is 8.37. The van der Waals surface area contributed by atoms with Crippen molar-refractivity contribution >= 4 is 23.7 Å². The predicted molar refractivity (Wildman–Crippen MR) is 109 cm³/mol. The van der Waals surface area contributed by atoms with Crippen molar-refractivity contribution in [3.05, 3.63) is 0 Å². The Labute approximate surface area is 172 Å². The molecule has 5 atom stereocenters. The minimum absolute atomic E-state index is 0.234. The summed E-state index contributed by atoms with van der Waals surface area (Å²) in [5.41, 5.74) is 5.86. The molecule has 1 rings (SSSR count). The molecule has 0 radical (unpaired) electrons. The van der Waals surface area contributed by atoms with Gasteiger partial charge in [-0.3, -0.25) is 14.4 Å². The van der Waals surface area contributed by atoms with E-state index in [1.807, 2.05) is 20.8 Å². The topological polar surface area (TPSA) is 142 Å². The maximum atomic E-state index is 12.8. The van der Waals surface area contributed by atoms with Gasteiger partial charge in [0, 0.05) is 6.54 Å². The van der Waals surface area contributed by atoms with Gasteiger partial charge in [0.05, 0.1) is 6.04 Å². The normalized spacial score (nSPS) is 20.7. The lowest BCUT2D eigenvalue weighted by molar-refractivity contribution is -0.145. The maximum absolute atomic E-state index is 12.8. The van der Waals surface area contributed by atoms with Crippen molar-refractivity contribution in [1.29, 1.82) is 0 Å². The molecule has 166 valence electrons. The fourth-order valence-corrected chi connectivity index (χ4v) is 3.48. The van der Waals surface area contributed by atoms with Crippen LogP contribution in [-0.4, -0.2) is 64.4 Å². The Balaban J connectivity index is 2.76. The van der Waals surface area contributed by atoms with Gasteiger partial charge in [0.15, 0.2) is 0 Å². The Bertz CT molecular complexity index is 610. The van der Waals surface area contributed by atoms with Crippen molar-refractivity contribution in [3.8, 4) is 0 Å². The zero-order valence-electron chi connectivity index (χ0n) is 18.1. The van der Waals surface area contributed by atoms with E-state index in [1.54, 1.807) is 13.8 Å². The van der Waals surface area contributed by atoms with E-state index < -0.39 is 42.0 Å². The number of hydrogen-bond acceptors (Lipinski definition) is 5. The summed E-state index contributed by atoms with van der Waals surface area (Å²) in [5, 5.41) is 14.6. The van der Waals surface area contributed by atoms with Gasteiger partial charge in [-0.05, 0) is 38.0 Å². The number of carboxylic acid groups (broad SMARTS) is 1. The Morgan fingerprint density at radius 2 is 1.76 bits per heavy atom. The first kappa shape index (κ1) is 24.9. The van der Waals surface area contributed by atoms with Crippen molar-refractivity contribution in [3.63, 3.8) is 0 Å². The third-order valence-corrected chi connectivity index (χ3v) is 5.41. The number of nitrogens with one attached hydrogen (secondary N) is 2. The molecule has 9 nitrogen and oxygen atoms in total. The van der Waals surface area contributed by atoms with Gasteiger partial charge in [0.25, 0.3) is 0 Å². The second-order valence-corrected chi connectivity index (χ2v) is 8.37. The monoisotopic (exact) mass is 412 g/mol. The van der Waals surface area contributed by atoms with Crippen LogP contribution in [0.1, 0.15) is 60.3 Å². The van der Waals surface area contributed by atoms with Crippen LogP contribution in [0.3, 0.4) is 0 Å². The van der Waals surface area contributed by atoms with Crippen LogP contribution in [0.5, 0.6) is 0 Å². The van der Waals surface area contributed by atoms with Crippen LogP contribution < -0.4 is 16.4 Å². The number of carbonyl (C=O) groups is 4. The molecule has 29 heavy (non-hydrogen) atoms. The molecule has 5 unspecified atom stereocenters. The van der Waals surface area contributed by atoms with E-state index in [0.717, 1.165) is 0 Å². The fourth-order valence-electron chi connectivity index (χ4n) is 3.48. The molecule has 0 bridgehead atoms. The van der Waals surface area contributed by atoms with Crippen LogP contribution >= 0.6 is 0 Å². The number of likely N-dealkylation sites (tertiary alicyclic amines) is 1. The van der Waals surface area contributed by atoms with Crippen LogP contribution in [0, 0.1) is 11.8 Å². The molecule has 0 aliphatic carbocycles. The molecular formula is C20H36N4O5. The van der Waals surface area contributed by atoms with Crippen molar-refractivity contribution in [2.45, 2.75) is 84.5 Å². The standard InChI is InChI=1S/C20H36N4O5/c1-6-12(4)16(20(28)29)23-18(26)15-8-7-9-24(15)19(27)13(5)22-17(25)14(21)10-11(2)3/h11-16H,6-10,21H2,1-5H3,(H,22,25)(H,23,26)(H,28,29). The van der Waals surface area contributed by atoms with Gasteiger partial charge in [-0.15, -0.1) is 0 Å². The first-order valence-electron chi connectivity index (χ1n) is 10.4. The smallest absolute Gasteiger partial charge is 0.326 e. The first-order valence-corrected chi connectivity index (χ1v) is 10.4. The lowest BCUT2D eigenvalue weighted by Crippen LogP contribution is -2.56. The van der Waals surface area contributed by atoms with Gasteiger partial charge >= 0.3 is 5.97 Å². The van der Waals surface area contributed by atoms with Gasteiger partial charge in [-0.1, -0.05) is 34.1 Å². The van der Waals surface area contributed by atoms with Crippen LogP contribution in [0.4, 0.5) is 0 Å². The molecule has 0 aromatic rings. The van der Waals surface area contributed by atoms with E-state index in [-0.39, 0.29) is 17.7 Å². The Morgan fingerprint density at radius 1 is 1.14 bits per heavy atom. The summed E-state index contributed by atoms with van der Waals surface area (Å²) in [5.74, 6) is -2.32. The average molecular weight is 413 g/mol. The zero-order chi connectivity index (χ0) is 22.3. The Morgan fingerprint density at radius 3 is 2.28 bits per heavy atom. The zero-order valence-corrected chi connectivity index (χ0v) is 18.1. The molecule has 5 N–H and O–H groups in total. The van der Waals surface area contributed by atoms with Gasteiger partial charge in [-0.25, -0.2) is 4.79 Å². The highest BCUT2D eigenvalue weighted by atomic mass is 16.4. The molecule has 1 heterocycles. The highest BCUT2D eigenvalue weighted by molar-refractivity contribution is 5.94. The number of aliphatic carboxylic acids is 1. The van der Waals surface area contributed by atoms with Crippen molar-refractivity contribution < 1.29 is 24.3 Å². The minimum atomic E-state index is -1.09. The van der Waals surface area contributed by atoms with Gasteiger partial charge in [0.1, 0.15) is 18.1 Å². The number of nitrogens with two attached hydrogens (primary N) is 1. The van der Waals surface area contributed by atoms with Crippen LogP contribution in [0.15, 0.2) is 0 Å². The summed E-state index contributed by atoms with van der Waals surface area (Å²) >= 11 is 0. The van der Waals surface area contributed by atoms with Gasteiger partial charge in [0.2, 0.25) is 17.7 Å². The van der Waals surface area contributed by atoms with Gasteiger partial charge in [-0.2, -0.15) is 0 Å². The first-order chi connectivity index (χ1) is 13.5. The average Bonchev–Trinajstić information content (AvgIpc) is 3.13. The van der Waals surface area contributed by atoms with Crippen LogP contribution in [0.2, 0.25) is 0 Å². The molecule has 3 amide bonds. The summed E-state index contributed by atoms with van der Waals surface area (Å²) in [6.45, 7) is 9.48. The molecule has 0 aromatic heterocycles. The largest absolute Gasteiger partial charge is 0.480 e. The lowest BCUT2D eigenvalue weighted by Gasteiger charge is -2.29. The third kappa shape index (κ3) is 6.99. The number of nitrogens with zero attached hydrogens (tertiary/aromatic N) is 1. The van der Waals surface area contributed by atoms with E-state index >= 15 is 0 Å².